The maximum absolute atomic E-state index is 5.00. The molecule has 0 radical (unpaired) electrons. The van der Waals surface area contributed by atoms with Gasteiger partial charge in [0.2, 0.25) is 0 Å². The van der Waals surface area contributed by atoms with Crippen molar-refractivity contribution in [3.8, 4) is 0 Å². The Kier molecular flexibility index (Phi) is 3.92. The summed E-state index contributed by atoms with van der Waals surface area (Å²) < 4.78 is 5.00. The molecule has 2 heteroatoms. The molecule has 1 heterocycles. The van der Waals surface area contributed by atoms with Crippen LogP contribution in [0.1, 0.15) is 24.1 Å². The van der Waals surface area contributed by atoms with Crippen LogP contribution in [0.4, 0.5) is 0 Å². The Balaban J connectivity index is 2.19. The van der Waals surface area contributed by atoms with E-state index in [9.17, 15) is 0 Å². The van der Waals surface area contributed by atoms with Crippen LogP contribution in [-0.4, -0.2) is 6.21 Å². The van der Waals surface area contributed by atoms with Gasteiger partial charge in [-0.25, -0.2) is 0 Å². The normalized spacial score (nSPS) is 13.5. The first-order chi connectivity index (χ1) is 8.40. The summed E-state index contributed by atoms with van der Waals surface area (Å²) in [7, 11) is 0. The third-order valence-electron chi connectivity index (χ3n) is 2.44. The fourth-order valence-electron chi connectivity index (χ4n) is 1.59. The van der Waals surface area contributed by atoms with Crippen molar-refractivity contribution in [1.82, 2.24) is 0 Å². The predicted octanol–water partition coefficient (Wildman–Crippen LogP) is 4.02. The van der Waals surface area contributed by atoms with Crippen molar-refractivity contribution in [2.45, 2.75) is 13.0 Å². The van der Waals surface area contributed by atoms with E-state index in [-0.39, 0.29) is 6.04 Å². The fraction of sp³-hybridized carbons (Fsp3) is 0.133. The molecule has 1 aromatic heterocycles. The average molecular weight is 225 g/mol. The standard InChI is InChI=1S/C15H15NO/c1-2-6-15(14-7-4-3-5-8-14)16-11-13-9-10-17-12-13/h2-12,15H,1H3/b6-2+,16-11?. The van der Waals surface area contributed by atoms with E-state index < -0.39 is 0 Å². The second-order valence-corrected chi connectivity index (χ2v) is 3.72. The lowest BCUT2D eigenvalue weighted by Gasteiger charge is -2.07. The molecule has 86 valence electrons. The molecular formula is C15H15NO. The monoisotopic (exact) mass is 225 g/mol. The van der Waals surface area contributed by atoms with Crippen molar-refractivity contribution in [3.05, 3.63) is 72.2 Å². The quantitative estimate of drug-likeness (QED) is 0.570. The SMILES string of the molecule is C/C=C/C(N=Cc1ccoc1)c1ccccc1. The van der Waals surface area contributed by atoms with Crippen molar-refractivity contribution >= 4 is 6.21 Å². The van der Waals surface area contributed by atoms with Crippen LogP contribution >= 0.6 is 0 Å². The largest absolute Gasteiger partial charge is 0.472 e. The van der Waals surface area contributed by atoms with E-state index in [0.29, 0.717) is 0 Å². The topological polar surface area (TPSA) is 25.5 Å². The second kappa shape index (κ2) is 5.85. The first-order valence-corrected chi connectivity index (χ1v) is 5.63. The number of nitrogens with zero attached hydrogens (tertiary/aromatic N) is 1. The zero-order valence-corrected chi connectivity index (χ0v) is 9.78. The van der Waals surface area contributed by atoms with Crippen LogP contribution in [0.15, 0.2) is 70.5 Å². The van der Waals surface area contributed by atoms with Gasteiger partial charge in [0, 0.05) is 11.8 Å². The number of hydrogen-bond acceptors (Lipinski definition) is 2. The lowest BCUT2D eigenvalue weighted by molar-refractivity contribution is 0.567. The zero-order chi connectivity index (χ0) is 11.9. The van der Waals surface area contributed by atoms with E-state index in [2.05, 4.69) is 23.2 Å². The van der Waals surface area contributed by atoms with Gasteiger partial charge in [0.15, 0.2) is 0 Å². The van der Waals surface area contributed by atoms with E-state index in [1.54, 1.807) is 12.5 Å². The van der Waals surface area contributed by atoms with Gasteiger partial charge in [0.1, 0.15) is 0 Å². The van der Waals surface area contributed by atoms with E-state index in [4.69, 9.17) is 4.42 Å². The number of benzene rings is 1. The highest BCUT2D eigenvalue weighted by Crippen LogP contribution is 2.18. The van der Waals surface area contributed by atoms with E-state index >= 15 is 0 Å². The molecule has 17 heavy (non-hydrogen) atoms. The first-order valence-electron chi connectivity index (χ1n) is 5.63. The maximum atomic E-state index is 5.00. The van der Waals surface area contributed by atoms with Crippen molar-refractivity contribution in [2.24, 2.45) is 4.99 Å². The van der Waals surface area contributed by atoms with Gasteiger partial charge in [0.05, 0.1) is 18.6 Å². The molecule has 0 amide bonds. The minimum Gasteiger partial charge on any atom is -0.472 e. The van der Waals surface area contributed by atoms with Gasteiger partial charge in [-0.1, -0.05) is 42.5 Å². The van der Waals surface area contributed by atoms with Crippen LogP contribution in [0.3, 0.4) is 0 Å². The number of hydrogen-bond donors (Lipinski definition) is 0. The van der Waals surface area contributed by atoms with Crippen molar-refractivity contribution in [2.75, 3.05) is 0 Å². The first kappa shape index (κ1) is 11.4. The molecule has 1 unspecified atom stereocenters. The van der Waals surface area contributed by atoms with Crippen LogP contribution in [0, 0.1) is 0 Å². The minimum atomic E-state index is 0.0658. The summed E-state index contributed by atoms with van der Waals surface area (Å²) in [6.45, 7) is 2.00. The molecule has 0 fully saturated rings. The Labute approximate surface area is 101 Å². The Morgan fingerprint density at radius 1 is 1.18 bits per heavy atom. The molecule has 0 aliphatic rings. The number of furan rings is 1. The van der Waals surface area contributed by atoms with Gasteiger partial charge in [-0.2, -0.15) is 0 Å². The van der Waals surface area contributed by atoms with E-state index in [1.807, 2.05) is 43.5 Å². The third-order valence-corrected chi connectivity index (χ3v) is 2.44. The van der Waals surface area contributed by atoms with Crippen LogP contribution in [0.5, 0.6) is 0 Å². The molecule has 0 aliphatic carbocycles. The van der Waals surface area contributed by atoms with Gasteiger partial charge in [0.25, 0.3) is 0 Å². The molecule has 1 aromatic carbocycles. The van der Waals surface area contributed by atoms with Crippen molar-refractivity contribution < 1.29 is 4.42 Å². The highest BCUT2D eigenvalue weighted by molar-refractivity contribution is 5.79. The highest BCUT2D eigenvalue weighted by Gasteiger charge is 2.03. The lowest BCUT2D eigenvalue weighted by atomic mass is 10.1. The molecule has 2 rings (SSSR count). The van der Waals surface area contributed by atoms with Crippen molar-refractivity contribution in [3.63, 3.8) is 0 Å². The summed E-state index contributed by atoms with van der Waals surface area (Å²) in [5.41, 5.74) is 2.17. The Morgan fingerprint density at radius 2 is 2.00 bits per heavy atom. The van der Waals surface area contributed by atoms with Gasteiger partial charge in [-0.05, 0) is 18.6 Å². The highest BCUT2D eigenvalue weighted by atomic mass is 16.3. The van der Waals surface area contributed by atoms with Gasteiger partial charge >= 0.3 is 0 Å². The molecule has 0 saturated heterocycles. The zero-order valence-electron chi connectivity index (χ0n) is 9.78. The third kappa shape index (κ3) is 3.18. The van der Waals surface area contributed by atoms with Gasteiger partial charge in [-0.15, -0.1) is 0 Å². The Bertz CT molecular complexity index is 483. The summed E-state index contributed by atoms with van der Waals surface area (Å²) in [6, 6.07) is 12.2. The molecule has 0 aliphatic heterocycles. The molecular weight excluding hydrogens is 210 g/mol. The molecule has 2 aromatic rings. The second-order valence-electron chi connectivity index (χ2n) is 3.72. The predicted molar refractivity (Wildman–Crippen MR) is 70.3 cm³/mol. The summed E-state index contributed by atoms with van der Waals surface area (Å²) in [5, 5.41) is 0. The molecule has 0 bridgehead atoms. The van der Waals surface area contributed by atoms with Crippen LogP contribution in [0.2, 0.25) is 0 Å². The summed E-state index contributed by atoms with van der Waals surface area (Å²) in [6.07, 6.45) is 9.26. The fourth-order valence-corrected chi connectivity index (χ4v) is 1.59. The number of aliphatic imine (C=N–C) groups is 1. The smallest absolute Gasteiger partial charge is 0.0990 e. The summed E-state index contributed by atoms with van der Waals surface area (Å²) in [4.78, 5) is 4.55. The molecule has 0 N–H and O–H groups in total. The van der Waals surface area contributed by atoms with Crippen LogP contribution in [0.25, 0.3) is 0 Å². The number of allylic oxidation sites excluding steroid dienone is 1. The van der Waals surface area contributed by atoms with Gasteiger partial charge < -0.3 is 4.42 Å². The molecule has 0 saturated carbocycles. The molecule has 2 nitrogen and oxygen atoms in total. The lowest BCUT2D eigenvalue weighted by Crippen LogP contribution is -1.92. The Morgan fingerprint density at radius 3 is 2.65 bits per heavy atom. The Hall–Kier alpha value is -2.09. The maximum Gasteiger partial charge on any atom is 0.0990 e. The summed E-state index contributed by atoms with van der Waals surface area (Å²) in [5.74, 6) is 0. The van der Waals surface area contributed by atoms with Crippen molar-refractivity contribution in [1.29, 1.82) is 0 Å². The molecule has 1 atom stereocenters. The van der Waals surface area contributed by atoms with E-state index in [0.717, 1.165) is 5.56 Å². The average Bonchev–Trinajstić information content (AvgIpc) is 2.88. The number of rotatable bonds is 4. The molecule has 0 spiro atoms. The van der Waals surface area contributed by atoms with Crippen LogP contribution < -0.4 is 0 Å². The van der Waals surface area contributed by atoms with Gasteiger partial charge in [-0.3, -0.25) is 4.99 Å². The minimum absolute atomic E-state index is 0.0658. The summed E-state index contributed by atoms with van der Waals surface area (Å²) >= 11 is 0. The van der Waals surface area contributed by atoms with E-state index in [1.165, 1.54) is 5.56 Å². The van der Waals surface area contributed by atoms with Crippen LogP contribution in [-0.2, 0) is 0 Å².